The average Bonchev–Trinajstić information content (AvgIpc) is 3.68. The molecule has 1 aromatic heterocycles. The summed E-state index contributed by atoms with van der Waals surface area (Å²) in [5, 5.41) is 3.54. The molecule has 0 fully saturated rings. The summed E-state index contributed by atoms with van der Waals surface area (Å²) >= 11 is 0. The second-order valence-corrected chi connectivity index (χ2v) is 14.1. The lowest BCUT2D eigenvalue weighted by atomic mass is 9.95. The van der Waals surface area contributed by atoms with Crippen LogP contribution in [-0.2, 0) is 0 Å². The van der Waals surface area contributed by atoms with Crippen LogP contribution >= 0.6 is 0 Å². The molecule has 0 amide bonds. The van der Waals surface area contributed by atoms with Crippen LogP contribution in [0.25, 0.3) is 77.6 Å². The van der Waals surface area contributed by atoms with E-state index < -0.39 is 0 Å². The SMILES string of the molecule is c1ccc(-c2ccccc2N(c2ccc(-c3ccc(-c4cccc(-c5oc6ccccc6c5-c5ccccc5)c4)cc3)cc2)c2cccc3ccccc23)cc1. The number of nitrogens with zero attached hydrogens (tertiary/aromatic N) is 1. The van der Waals surface area contributed by atoms with Crippen molar-refractivity contribution in [2.24, 2.45) is 0 Å². The molecule has 9 aromatic carbocycles. The van der Waals surface area contributed by atoms with Crippen molar-refractivity contribution in [2.45, 2.75) is 0 Å². The smallest absolute Gasteiger partial charge is 0.143 e. The van der Waals surface area contributed by atoms with Crippen molar-refractivity contribution in [1.29, 1.82) is 0 Å². The van der Waals surface area contributed by atoms with Crippen LogP contribution in [0.3, 0.4) is 0 Å². The first-order valence-electron chi connectivity index (χ1n) is 19.1. The van der Waals surface area contributed by atoms with E-state index in [-0.39, 0.29) is 0 Å². The third-order valence-corrected chi connectivity index (χ3v) is 10.7. The molecule has 10 rings (SSSR count). The van der Waals surface area contributed by atoms with Crippen molar-refractivity contribution in [3.8, 4) is 55.8 Å². The van der Waals surface area contributed by atoms with Crippen molar-refractivity contribution in [2.75, 3.05) is 4.90 Å². The maximum absolute atomic E-state index is 6.54. The Morgan fingerprint density at radius 1 is 0.321 bits per heavy atom. The van der Waals surface area contributed by atoms with Crippen molar-refractivity contribution in [1.82, 2.24) is 0 Å². The van der Waals surface area contributed by atoms with E-state index in [1.54, 1.807) is 0 Å². The van der Waals surface area contributed by atoms with Crippen molar-refractivity contribution in [3.63, 3.8) is 0 Å². The molecular weight excluding hydrogens is 679 g/mol. The molecule has 0 radical (unpaired) electrons. The van der Waals surface area contributed by atoms with Gasteiger partial charge in [-0.05, 0) is 75.2 Å². The summed E-state index contributed by atoms with van der Waals surface area (Å²) < 4.78 is 6.54. The van der Waals surface area contributed by atoms with Crippen LogP contribution in [-0.4, -0.2) is 0 Å². The third-order valence-electron chi connectivity index (χ3n) is 10.7. The standard InChI is InChI=1S/C54H37NO/c1-3-15-41(16-4-1)47-24-9-11-26-50(47)55(51-27-14-20-42-17-7-8-23-48(42)51)46-35-33-39(34-36-46)38-29-31-40(32-30-38)44-21-13-22-45(37-44)54-53(43-18-5-2-6-19-43)49-25-10-12-28-52(49)56-54/h1-37H. The molecule has 0 N–H and O–H groups in total. The lowest BCUT2D eigenvalue weighted by Gasteiger charge is -2.29. The fourth-order valence-corrected chi connectivity index (χ4v) is 7.98. The van der Waals surface area contributed by atoms with Gasteiger partial charge in [-0.3, -0.25) is 0 Å². The lowest BCUT2D eigenvalue weighted by Crippen LogP contribution is -2.11. The fourth-order valence-electron chi connectivity index (χ4n) is 7.98. The molecule has 1 heterocycles. The van der Waals surface area contributed by atoms with Crippen LogP contribution in [0.2, 0.25) is 0 Å². The van der Waals surface area contributed by atoms with Gasteiger partial charge in [0.15, 0.2) is 0 Å². The summed E-state index contributed by atoms with van der Waals surface area (Å²) in [5.74, 6) is 0.889. The first kappa shape index (κ1) is 33.2. The minimum Gasteiger partial charge on any atom is -0.455 e. The number of hydrogen-bond acceptors (Lipinski definition) is 2. The summed E-state index contributed by atoms with van der Waals surface area (Å²) in [6, 6.07) is 79.9. The van der Waals surface area contributed by atoms with Crippen molar-refractivity contribution >= 4 is 38.8 Å². The maximum atomic E-state index is 6.54. The summed E-state index contributed by atoms with van der Waals surface area (Å²) in [6.07, 6.45) is 0. The Balaban J connectivity index is 0.995. The largest absolute Gasteiger partial charge is 0.455 e. The minimum atomic E-state index is 0.889. The summed E-state index contributed by atoms with van der Waals surface area (Å²) in [6.45, 7) is 0. The quantitative estimate of drug-likeness (QED) is 0.156. The van der Waals surface area contributed by atoms with Crippen LogP contribution in [0.15, 0.2) is 229 Å². The van der Waals surface area contributed by atoms with Gasteiger partial charge in [0.2, 0.25) is 0 Å². The molecule has 264 valence electrons. The molecule has 0 aliphatic rings. The zero-order valence-corrected chi connectivity index (χ0v) is 30.7. The molecule has 0 aliphatic heterocycles. The predicted molar refractivity (Wildman–Crippen MR) is 236 cm³/mol. The van der Waals surface area contributed by atoms with Gasteiger partial charge >= 0.3 is 0 Å². The number of rotatable bonds is 8. The molecule has 0 atom stereocenters. The molecule has 2 heteroatoms. The van der Waals surface area contributed by atoms with Crippen LogP contribution < -0.4 is 4.90 Å². The molecule has 0 unspecified atom stereocenters. The van der Waals surface area contributed by atoms with E-state index in [1.807, 2.05) is 12.1 Å². The molecule has 2 nitrogen and oxygen atoms in total. The highest BCUT2D eigenvalue weighted by Crippen LogP contribution is 2.44. The molecular formula is C54H37NO. The van der Waals surface area contributed by atoms with Gasteiger partial charge in [-0.15, -0.1) is 0 Å². The van der Waals surface area contributed by atoms with Gasteiger partial charge < -0.3 is 9.32 Å². The van der Waals surface area contributed by atoms with E-state index in [0.29, 0.717) is 0 Å². The summed E-state index contributed by atoms with van der Waals surface area (Å²) in [5.41, 5.74) is 14.6. The van der Waals surface area contributed by atoms with Crippen LogP contribution in [0, 0.1) is 0 Å². The molecule has 0 bridgehead atoms. The Hall–Kier alpha value is -7.42. The Morgan fingerprint density at radius 2 is 0.839 bits per heavy atom. The normalized spacial score (nSPS) is 11.2. The van der Waals surface area contributed by atoms with E-state index in [2.05, 4.69) is 217 Å². The van der Waals surface area contributed by atoms with Crippen LogP contribution in [0.4, 0.5) is 17.1 Å². The number of fused-ring (bicyclic) bond motifs is 2. The van der Waals surface area contributed by atoms with E-state index in [1.165, 1.54) is 27.5 Å². The number of para-hydroxylation sites is 2. The van der Waals surface area contributed by atoms with Gasteiger partial charge in [0.05, 0.1) is 11.4 Å². The Kier molecular flexibility index (Phi) is 8.55. The van der Waals surface area contributed by atoms with E-state index >= 15 is 0 Å². The Bertz CT molecular complexity index is 2940. The number of hydrogen-bond donors (Lipinski definition) is 0. The van der Waals surface area contributed by atoms with E-state index in [9.17, 15) is 0 Å². The highest BCUT2D eigenvalue weighted by atomic mass is 16.3. The molecule has 56 heavy (non-hydrogen) atoms. The predicted octanol–water partition coefficient (Wildman–Crippen LogP) is 15.4. The van der Waals surface area contributed by atoms with Gasteiger partial charge in [0.25, 0.3) is 0 Å². The number of anilines is 3. The van der Waals surface area contributed by atoms with Gasteiger partial charge in [-0.1, -0.05) is 188 Å². The minimum absolute atomic E-state index is 0.889. The van der Waals surface area contributed by atoms with Gasteiger partial charge in [-0.2, -0.15) is 0 Å². The van der Waals surface area contributed by atoms with E-state index in [4.69, 9.17) is 4.42 Å². The van der Waals surface area contributed by atoms with Gasteiger partial charge in [0, 0.05) is 33.2 Å². The fraction of sp³-hybridized carbons (Fsp3) is 0. The van der Waals surface area contributed by atoms with Gasteiger partial charge in [-0.25, -0.2) is 0 Å². The monoisotopic (exact) mass is 715 g/mol. The lowest BCUT2D eigenvalue weighted by molar-refractivity contribution is 0.632. The van der Waals surface area contributed by atoms with E-state index in [0.717, 1.165) is 67.2 Å². The average molecular weight is 716 g/mol. The maximum Gasteiger partial charge on any atom is 0.143 e. The van der Waals surface area contributed by atoms with Crippen LogP contribution in [0.1, 0.15) is 0 Å². The van der Waals surface area contributed by atoms with Gasteiger partial charge in [0.1, 0.15) is 11.3 Å². The summed E-state index contributed by atoms with van der Waals surface area (Å²) in [7, 11) is 0. The highest BCUT2D eigenvalue weighted by Gasteiger charge is 2.20. The van der Waals surface area contributed by atoms with Crippen molar-refractivity contribution in [3.05, 3.63) is 224 Å². The second-order valence-electron chi connectivity index (χ2n) is 14.1. The molecule has 0 saturated carbocycles. The molecule has 0 saturated heterocycles. The Labute approximate surface area is 327 Å². The van der Waals surface area contributed by atoms with Crippen molar-refractivity contribution < 1.29 is 4.42 Å². The number of benzene rings is 9. The second kappa shape index (κ2) is 14.4. The first-order chi connectivity index (χ1) is 27.8. The zero-order chi connectivity index (χ0) is 37.3. The molecule has 10 aromatic rings. The number of furan rings is 1. The molecule has 0 spiro atoms. The topological polar surface area (TPSA) is 16.4 Å². The first-order valence-corrected chi connectivity index (χ1v) is 19.1. The van der Waals surface area contributed by atoms with Crippen LogP contribution in [0.5, 0.6) is 0 Å². The summed E-state index contributed by atoms with van der Waals surface area (Å²) in [4.78, 5) is 2.40. The zero-order valence-electron chi connectivity index (χ0n) is 30.7. The molecule has 0 aliphatic carbocycles. The Morgan fingerprint density at radius 3 is 1.61 bits per heavy atom. The third kappa shape index (κ3) is 6.14. The highest BCUT2D eigenvalue weighted by molar-refractivity contribution is 6.03.